The maximum absolute atomic E-state index is 10.9. The molecule has 0 spiro atoms. The van der Waals surface area contributed by atoms with Gasteiger partial charge in [0.25, 0.3) is 0 Å². The Bertz CT molecular complexity index is 299. The number of carbonyl (C=O) groups excluding carboxylic acids is 1. The first-order chi connectivity index (χ1) is 6.77. The fourth-order valence-corrected chi connectivity index (χ4v) is 0.751. The molecule has 0 bridgehead atoms. The van der Waals surface area contributed by atoms with Crippen LogP contribution in [0, 0.1) is 0 Å². The van der Waals surface area contributed by atoms with Crippen LogP contribution in [0.1, 0.15) is 10.5 Å². The highest BCUT2D eigenvalue weighted by Crippen LogP contribution is 2.04. The van der Waals surface area contributed by atoms with Gasteiger partial charge in [-0.1, -0.05) is 0 Å². The number of hydrogen-bond acceptors (Lipinski definition) is 6. The Balaban J connectivity index is 2.63. The van der Waals surface area contributed by atoms with Crippen LogP contribution in [0.5, 0.6) is 5.88 Å². The van der Waals surface area contributed by atoms with Crippen LogP contribution in [0.25, 0.3) is 0 Å². The number of rotatable bonds is 4. The summed E-state index contributed by atoms with van der Waals surface area (Å²) in [6.07, 6.45) is 2.54. The van der Waals surface area contributed by atoms with E-state index in [1.165, 1.54) is 19.5 Å². The van der Waals surface area contributed by atoms with Crippen molar-refractivity contribution in [3.05, 3.63) is 18.1 Å². The third-order valence-electron chi connectivity index (χ3n) is 1.36. The lowest BCUT2D eigenvalue weighted by Crippen LogP contribution is -2.07. The molecule has 6 nitrogen and oxygen atoms in total. The van der Waals surface area contributed by atoms with E-state index in [0.717, 1.165) is 0 Å². The molecule has 6 heteroatoms. The van der Waals surface area contributed by atoms with E-state index in [4.69, 9.17) is 9.84 Å². The molecule has 0 saturated carbocycles. The molecule has 1 aromatic heterocycles. The monoisotopic (exact) mass is 198 g/mol. The van der Waals surface area contributed by atoms with E-state index in [-0.39, 0.29) is 24.8 Å². The molecular formula is C8H10N2O4. The number of hydrogen-bond donors (Lipinski definition) is 1. The Morgan fingerprint density at radius 2 is 2.29 bits per heavy atom. The number of esters is 1. The first kappa shape index (κ1) is 10.4. The molecule has 76 valence electrons. The van der Waals surface area contributed by atoms with Gasteiger partial charge in [-0.3, -0.25) is 0 Å². The van der Waals surface area contributed by atoms with Gasteiger partial charge >= 0.3 is 5.97 Å². The van der Waals surface area contributed by atoms with E-state index in [1.54, 1.807) is 0 Å². The van der Waals surface area contributed by atoms with E-state index >= 15 is 0 Å². The van der Waals surface area contributed by atoms with E-state index in [9.17, 15) is 4.79 Å². The van der Waals surface area contributed by atoms with Gasteiger partial charge in [-0.15, -0.1) is 0 Å². The zero-order chi connectivity index (χ0) is 10.4. The third kappa shape index (κ3) is 2.67. The van der Waals surface area contributed by atoms with Crippen molar-refractivity contribution in [2.75, 3.05) is 20.3 Å². The van der Waals surface area contributed by atoms with Crippen molar-refractivity contribution in [3.8, 4) is 5.88 Å². The summed E-state index contributed by atoms with van der Waals surface area (Å²) in [4.78, 5) is 18.5. The van der Waals surface area contributed by atoms with E-state index in [1.807, 2.05) is 0 Å². The Labute approximate surface area is 80.5 Å². The lowest BCUT2D eigenvalue weighted by molar-refractivity contribution is 0.0593. The molecule has 1 aromatic rings. The summed E-state index contributed by atoms with van der Waals surface area (Å²) >= 11 is 0. The van der Waals surface area contributed by atoms with Gasteiger partial charge < -0.3 is 14.6 Å². The molecule has 1 heterocycles. The predicted octanol–water partition coefficient (Wildman–Crippen LogP) is -0.366. The number of aliphatic hydroxyl groups excluding tert-OH is 1. The fourth-order valence-electron chi connectivity index (χ4n) is 0.751. The minimum absolute atomic E-state index is 0.0968. The minimum Gasteiger partial charge on any atom is -0.474 e. The van der Waals surface area contributed by atoms with Gasteiger partial charge in [0.05, 0.1) is 26.1 Å². The van der Waals surface area contributed by atoms with Crippen molar-refractivity contribution in [1.82, 2.24) is 9.97 Å². The minimum atomic E-state index is -0.550. The van der Waals surface area contributed by atoms with Gasteiger partial charge in [-0.25, -0.2) is 14.8 Å². The first-order valence-electron chi connectivity index (χ1n) is 3.92. The second kappa shape index (κ2) is 5.13. The summed E-state index contributed by atoms with van der Waals surface area (Å²) in [5, 5.41) is 8.46. The molecule has 0 aromatic carbocycles. The molecule has 0 aliphatic heterocycles. The number of ether oxygens (including phenoxy) is 2. The Kier molecular flexibility index (Phi) is 3.81. The van der Waals surface area contributed by atoms with Crippen molar-refractivity contribution in [2.24, 2.45) is 0 Å². The summed E-state index contributed by atoms with van der Waals surface area (Å²) in [6.45, 7) is 0.0483. The summed E-state index contributed by atoms with van der Waals surface area (Å²) in [5.41, 5.74) is 0.115. The Morgan fingerprint density at radius 3 is 2.79 bits per heavy atom. The molecule has 0 saturated heterocycles. The van der Waals surface area contributed by atoms with Gasteiger partial charge in [-0.05, 0) is 0 Å². The number of methoxy groups -OCH3 is 1. The van der Waals surface area contributed by atoms with Crippen LogP contribution in [-0.4, -0.2) is 41.4 Å². The van der Waals surface area contributed by atoms with E-state index in [0.29, 0.717) is 0 Å². The smallest absolute Gasteiger partial charge is 0.358 e. The maximum atomic E-state index is 10.9. The summed E-state index contributed by atoms with van der Waals surface area (Å²) < 4.78 is 9.38. The van der Waals surface area contributed by atoms with Gasteiger partial charge in [0.15, 0.2) is 5.69 Å². The highest BCUT2D eigenvalue weighted by Gasteiger charge is 2.07. The number of aromatic nitrogens is 2. The zero-order valence-electron chi connectivity index (χ0n) is 7.64. The van der Waals surface area contributed by atoms with Crippen LogP contribution in [0.15, 0.2) is 12.4 Å². The van der Waals surface area contributed by atoms with Crippen molar-refractivity contribution >= 4 is 5.97 Å². The average molecular weight is 198 g/mol. The van der Waals surface area contributed by atoms with Crippen LogP contribution in [-0.2, 0) is 4.74 Å². The van der Waals surface area contributed by atoms with Crippen molar-refractivity contribution in [2.45, 2.75) is 0 Å². The highest BCUT2D eigenvalue weighted by atomic mass is 16.5. The second-order valence-electron chi connectivity index (χ2n) is 2.30. The summed E-state index contributed by atoms with van der Waals surface area (Å²) in [6, 6.07) is 0. The molecule has 0 aliphatic carbocycles. The molecule has 14 heavy (non-hydrogen) atoms. The van der Waals surface area contributed by atoms with Crippen LogP contribution >= 0.6 is 0 Å². The zero-order valence-corrected chi connectivity index (χ0v) is 7.64. The Hall–Kier alpha value is -1.69. The molecule has 1 rings (SSSR count). The van der Waals surface area contributed by atoms with Crippen molar-refractivity contribution in [3.63, 3.8) is 0 Å². The quantitative estimate of drug-likeness (QED) is 0.665. The van der Waals surface area contributed by atoms with E-state index < -0.39 is 5.97 Å². The molecule has 0 fully saturated rings. The van der Waals surface area contributed by atoms with Gasteiger partial charge in [0.1, 0.15) is 6.61 Å². The predicted molar refractivity (Wildman–Crippen MR) is 46.0 cm³/mol. The molecule has 0 amide bonds. The van der Waals surface area contributed by atoms with Crippen LogP contribution in [0.3, 0.4) is 0 Å². The van der Waals surface area contributed by atoms with Gasteiger partial charge in [0, 0.05) is 0 Å². The van der Waals surface area contributed by atoms with Crippen LogP contribution in [0.4, 0.5) is 0 Å². The summed E-state index contributed by atoms with van der Waals surface area (Å²) in [7, 11) is 1.26. The average Bonchev–Trinajstić information content (AvgIpc) is 2.26. The molecule has 0 unspecified atom stereocenters. The normalized spacial score (nSPS) is 9.57. The largest absolute Gasteiger partial charge is 0.474 e. The standard InChI is InChI=1S/C8H10N2O4/c1-13-8(12)6-4-10-7(5-9-6)14-3-2-11/h4-5,11H,2-3H2,1H3. The van der Waals surface area contributed by atoms with Crippen LogP contribution in [0.2, 0.25) is 0 Å². The van der Waals surface area contributed by atoms with Crippen molar-refractivity contribution < 1.29 is 19.4 Å². The number of aliphatic hydroxyl groups is 1. The topological polar surface area (TPSA) is 81.5 Å². The maximum Gasteiger partial charge on any atom is 0.358 e. The second-order valence-corrected chi connectivity index (χ2v) is 2.30. The molecule has 0 atom stereocenters. The van der Waals surface area contributed by atoms with E-state index in [2.05, 4.69) is 14.7 Å². The lowest BCUT2D eigenvalue weighted by atomic mass is 10.4. The van der Waals surface area contributed by atoms with Gasteiger partial charge in [0.2, 0.25) is 5.88 Å². The fraction of sp³-hybridized carbons (Fsp3) is 0.375. The van der Waals surface area contributed by atoms with Crippen molar-refractivity contribution in [1.29, 1.82) is 0 Å². The molecule has 1 N–H and O–H groups in total. The lowest BCUT2D eigenvalue weighted by Gasteiger charge is -2.02. The van der Waals surface area contributed by atoms with Crippen LogP contribution < -0.4 is 4.74 Å². The SMILES string of the molecule is COC(=O)c1cnc(OCCO)cn1. The first-order valence-corrected chi connectivity index (χ1v) is 3.92. The Morgan fingerprint density at radius 1 is 1.50 bits per heavy atom. The molecular weight excluding hydrogens is 188 g/mol. The van der Waals surface area contributed by atoms with Gasteiger partial charge in [-0.2, -0.15) is 0 Å². The third-order valence-corrected chi connectivity index (χ3v) is 1.36. The number of carbonyl (C=O) groups is 1. The number of nitrogens with zero attached hydrogens (tertiary/aromatic N) is 2. The molecule has 0 aliphatic rings. The molecule has 0 radical (unpaired) electrons. The highest BCUT2D eigenvalue weighted by molar-refractivity contribution is 5.86. The summed E-state index contributed by atoms with van der Waals surface area (Å²) in [5.74, 6) is -0.294.